The maximum absolute atomic E-state index is 12.6. The summed E-state index contributed by atoms with van der Waals surface area (Å²) in [6.07, 6.45) is 4.00. The van der Waals surface area contributed by atoms with E-state index >= 15 is 0 Å². The average molecular weight is 429 g/mol. The fraction of sp³-hybridized carbons (Fsp3) is 0.333. The molecule has 1 amide bonds. The van der Waals surface area contributed by atoms with Gasteiger partial charge in [-0.05, 0) is 55.5 Å². The first-order valence-corrected chi connectivity index (χ1v) is 10.0. The van der Waals surface area contributed by atoms with Gasteiger partial charge in [0.1, 0.15) is 0 Å². The Morgan fingerprint density at radius 2 is 2.00 bits per heavy atom. The number of amides is 1. The molecule has 0 radical (unpaired) electrons. The van der Waals surface area contributed by atoms with Crippen LogP contribution >= 0.6 is 15.9 Å². The lowest BCUT2D eigenvalue weighted by Crippen LogP contribution is -2.50. The molecule has 2 aromatic carbocycles. The van der Waals surface area contributed by atoms with E-state index in [0.29, 0.717) is 25.0 Å². The van der Waals surface area contributed by atoms with Crippen LogP contribution in [0.2, 0.25) is 0 Å². The van der Waals surface area contributed by atoms with Crippen molar-refractivity contribution in [1.29, 1.82) is 0 Å². The van der Waals surface area contributed by atoms with E-state index in [2.05, 4.69) is 33.4 Å². The lowest BCUT2D eigenvalue weighted by atomic mass is 9.71. The number of nitrogens with one attached hydrogen (secondary N) is 1. The third-order valence-electron chi connectivity index (χ3n) is 5.32. The number of nitrogens with zero attached hydrogens (tertiary/aromatic N) is 1. The number of carbonyl (C=O) groups is 1. The van der Waals surface area contributed by atoms with Crippen molar-refractivity contribution in [2.45, 2.75) is 44.2 Å². The van der Waals surface area contributed by atoms with Crippen molar-refractivity contribution in [3.05, 3.63) is 69.1 Å². The fourth-order valence-corrected chi connectivity index (χ4v) is 4.15. The van der Waals surface area contributed by atoms with Gasteiger partial charge in [0.05, 0.1) is 11.1 Å². The SMILES string of the molecule is O=C(CCCn1c(=O)oc2ccccc21)NC1(c2cccc(Br)c2)CCC1. The number of halogens is 1. The van der Waals surface area contributed by atoms with Gasteiger partial charge in [-0.1, -0.05) is 40.2 Å². The van der Waals surface area contributed by atoms with Gasteiger partial charge in [-0.15, -0.1) is 0 Å². The van der Waals surface area contributed by atoms with Crippen LogP contribution in [0.3, 0.4) is 0 Å². The van der Waals surface area contributed by atoms with E-state index in [0.717, 1.165) is 34.8 Å². The Hall–Kier alpha value is -2.34. The standard InChI is InChI=1S/C21H21BrN2O3/c22-16-7-3-6-15(14-16)21(11-5-12-21)23-19(25)10-4-13-24-17-8-1-2-9-18(17)27-20(24)26/h1-3,6-9,14H,4-5,10-13H2,(H,23,25). The zero-order valence-electron chi connectivity index (χ0n) is 14.9. The summed E-state index contributed by atoms with van der Waals surface area (Å²) in [5, 5.41) is 3.23. The van der Waals surface area contributed by atoms with E-state index in [1.54, 1.807) is 10.6 Å². The summed E-state index contributed by atoms with van der Waals surface area (Å²) in [4.78, 5) is 24.6. The summed E-state index contributed by atoms with van der Waals surface area (Å²) in [6, 6.07) is 15.5. The molecule has 1 aliphatic carbocycles. The van der Waals surface area contributed by atoms with Crippen LogP contribution in [0.1, 0.15) is 37.7 Å². The Morgan fingerprint density at radius 3 is 2.74 bits per heavy atom. The molecular weight excluding hydrogens is 408 g/mol. The molecular formula is C21H21BrN2O3. The molecule has 6 heteroatoms. The number of fused-ring (bicyclic) bond motifs is 1. The van der Waals surface area contributed by atoms with E-state index in [9.17, 15) is 9.59 Å². The number of benzene rings is 2. The largest absolute Gasteiger partial charge is 0.419 e. The van der Waals surface area contributed by atoms with Gasteiger partial charge in [0.15, 0.2) is 5.58 Å². The van der Waals surface area contributed by atoms with Crippen molar-refractivity contribution in [2.24, 2.45) is 0 Å². The molecule has 0 atom stereocenters. The third-order valence-corrected chi connectivity index (χ3v) is 5.82. The van der Waals surface area contributed by atoms with Gasteiger partial charge in [-0.3, -0.25) is 9.36 Å². The molecule has 1 saturated carbocycles. The second kappa shape index (κ2) is 7.35. The minimum atomic E-state index is -0.374. The summed E-state index contributed by atoms with van der Waals surface area (Å²) in [7, 11) is 0. The predicted octanol–water partition coefficient (Wildman–Crippen LogP) is 4.33. The lowest BCUT2D eigenvalue weighted by molar-refractivity contribution is -0.124. The maximum Gasteiger partial charge on any atom is 0.419 e. The monoisotopic (exact) mass is 428 g/mol. The highest BCUT2D eigenvalue weighted by Crippen LogP contribution is 2.42. The number of rotatable bonds is 6. The van der Waals surface area contributed by atoms with E-state index < -0.39 is 0 Å². The molecule has 1 heterocycles. The Morgan fingerprint density at radius 1 is 1.19 bits per heavy atom. The van der Waals surface area contributed by atoms with E-state index in [1.165, 1.54) is 0 Å². The second-order valence-corrected chi connectivity index (χ2v) is 8.00. The maximum atomic E-state index is 12.6. The van der Waals surface area contributed by atoms with Crippen LogP contribution < -0.4 is 11.1 Å². The number of para-hydroxylation sites is 2. The van der Waals surface area contributed by atoms with Crippen molar-refractivity contribution in [3.8, 4) is 0 Å². The van der Waals surface area contributed by atoms with E-state index in [1.807, 2.05) is 30.3 Å². The number of hydrogen-bond acceptors (Lipinski definition) is 3. The highest BCUT2D eigenvalue weighted by Gasteiger charge is 2.39. The molecule has 3 aromatic rings. The normalized spacial score (nSPS) is 15.4. The molecule has 140 valence electrons. The molecule has 4 rings (SSSR count). The minimum Gasteiger partial charge on any atom is -0.408 e. The van der Waals surface area contributed by atoms with Crippen molar-refractivity contribution >= 4 is 32.9 Å². The minimum absolute atomic E-state index is 0.0236. The van der Waals surface area contributed by atoms with Gasteiger partial charge >= 0.3 is 5.76 Å². The van der Waals surface area contributed by atoms with Crippen LogP contribution in [0.5, 0.6) is 0 Å². The van der Waals surface area contributed by atoms with Gasteiger partial charge in [-0.2, -0.15) is 0 Å². The number of carbonyl (C=O) groups excluding carboxylic acids is 1. The molecule has 5 nitrogen and oxygen atoms in total. The molecule has 1 N–H and O–H groups in total. The Kier molecular flexibility index (Phi) is 4.91. The summed E-state index contributed by atoms with van der Waals surface area (Å²) >= 11 is 3.51. The number of hydrogen-bond donors (Lipinski definition) is 1. The number of oxazole rings is 1. The van der Waals surface area contributed by atoms with Crippen LogP contribution in [-0.4, -0.2) is 10.5 Å². The number of aromatic nitrogens is 1. The van der Waals surface area contributed by atoms with Crippen molar-refractivity contribution in [1.82, 2.24) is 9.88 Å². The van der Waals surface area contributed by atoms with Crippen LogP contribution in [0.25, 0.3) is 11.1 Å². The molecule has 0 saturated heterocycles. The quantitative estimate of drug-likeness (QED) is 0.635. The van der Waals surface area contributed by atoms with Gasteiger partial charge in [0.2, 0.25) is 5.91 Å². The Balaban J connectivity index is 1.39. The molecule has 1 aliphatic rings. The Bertz CT molecular complexity index is 1030. The highest BCUT2D eigenvalue weighted by molar-refractivity contribution is 9.10. The summed E-state index contributed by atoms with van der Waals surface area (Å²) in [6.45, 7) is 0.465. The first-order chi connectivity index (χ1) is 13.1. The first-order valence-electron chi connectivity index (χ1n) is 9.23. The van der Waals surface area contributed by atoms with Gasteiger partial charge < -0.3 is 9.73 Å². The van der Waals surface area contributed by atoms with E-state index in [4.69, 9.17) is 4.42 Å². The predicted molar refractivity (Wildman–Crippen MR) is 108 cm³/mol. The van der Waals surface area contributed by atoms with Gasteiger partial charge in [-0.25, -0.2) is 4.79 Å². The second-order valence-electron chi connectivity index (χ2n) is 7.09. The lowest BCUT2D eigenvalue weighted by Gasteiger charge is -2.43. The van der Waals surface area contributed by atoms with E-state index in [-0.39, 0.29) is 17.2 Å². The zero-order valence-corrected chi connectivity index (χ0v) is 16.5. The van der Waals surface area contributed by atoms with Gasteiger partial charge in [0.25, 0.3) is 0 Å². The Labute approximate surface area is 165 Å². The van der Waals surface area contributed by atoms with Crippen molar-refractivity contribution in [3.63, 3.8) is 0 Å². The molecule has 0 spiro atoms. The average Bonchev–Trinajstić information content (AvgIpc) is 2.94. The highest BCUT2D eigenvalue weighted by atomic mass is 79.9. The number of aryl methyl sites for hydroxylation is 1. The first kappa shape index (κ1) is 18.0. The van der Waals surface area contributed by atoms with Crippen molar-refractivity contribution in [2.75, 3.05) is 0 Å². The molecule has 0 aliphatic heterocycles. The molecule has 27 heavy (non-hydrogen) atoms. The van der Waals surface area contributed by atoms with Crippen molar-refractivity contribution < 1.29 is 9.21 Å². The van der Waals surface area contributed by atoms with Crippen LogP contribution in [0, 0.1) is 0 Å². The molecule has 0 bridgehead atoms. The smallest absolute Gasteiger partial charge is 0.408 e. The van der Waals surface area contributed by atoms with Crippen LogP contribution in [0.15, 0.2) is 62.2 Å². The fourth-order valence-electron chi connectivity index (χ4n) is 3.76. The van der Waals surface area contributed by atoms with Gasteiger partial charge in [0, 0.05) is 17.4 Å². The van der Waals surface area contributed by atoms with Crippen LogP contribution in [0.4, 0.5) is 0 Å². The summed E-state index contributed by atoms with van der Waals surface area (Å²) in [5.41, 5.74) is 2.25. The molecule has 1 aromatic heterocycles. The third kappa shape index (κ3) is 3.58. The summed E-state index contributed by atoms with van der Waals surface area (Å²) < 4.78 is 7.85. The summed E-state index contributed by atoms with van der Waals surface area (Å²) in [5.74, 6) is -0.350. The molecule has 1 fully saturated rings. The zero-order chi connectivity index (χ0) is 18.9. The molecule has 0 unspecified atom stereocenters. The topological polar surface area (TPSA) is 64.2 Å². The van der Waals surface area contributed by atoms with Crippen LogP contribution in [-0.2, 0) is 16.9 Å².